The van der Waals surface area contributed by atoms with Gasteiger partial charge < -0.3 is 5.32 Å². The molecule has 0 saturated heterocycles. The van der Waals surface area contributed by atoms with Crippen LogP contribution in [-0.2, 0) is 14.8 Å². The van der Waals surface area contributed by atoms with Crippen molar-refractivity contribution in [1.29, 1.82) is 0 Å². The molecule has 3 rings (SSSR count). The minimum Gasteiger partial charge on any atom is -0.326 e. The first-order valence-electron chi connectivity index (χ1n) is 8.31. The van der Waals surface area contributed by atoms with E-state index in [0.29, 0.717) is 11.3 Å². The van der Waals surface area contributed by atoms with E-state index in [1.807, 2.05) is 0 Å². The largest absolute Gasteiger partial charge is 0.326 e. The Morgan fingerprint density at radius 1 is 0.893 bits per heavy atom. The van der Waals surface area contributed by atoms with E-state index in [0.717, 1.165) is 0 Å². The van der Waals surface area contributed by atoms with Crippen molar-refractivity contribution in [3.05, 3.63) is 84.2 Å². The lowest BCUT2D eigenvalue weighted by Crippen LogP contribution is -2.16. The van der Waals surface area contributed by atoms with Crippen molar-refractivity contribution in [2.24, 2.45) is 0 Å². The fourth-order valence-electron chi connectivity index (χ4n) is 2.55. The number of sulfonamides is 1. The maximum Gasteiger partial charge on any atom is 0.261 e. The lowest BCUT2D eigenvalue weighted by atomic mass is 10.0. The second-order valence-electron chi connectivity index (χ2n) is 5.92. The summed E-state index contributed by atoms with van der Waals surface area (Å²) in [6, 6.07) is 15.2. The number of hydrogen-bond donors (Lipinski definition) is 2. The maximum atomic E-state index is 12.7. The van der Waals surface area contributed by atoms with Gasteiger partial charge in [0.2, 0.25) is 5.91 Å². The normalized spacial score (nSPS) is 10.9. The van der Waals surface area contributed by atoms with Crippen LogP contribution >= 0.6 is 0 Å². The number of ketones is 1. The predicted octanol–water partition coefficient (Wildman–Crippen LogP) is 3.07. The molecule has 0 saturated carbocycles. The smallest absolute Gasteiger partial charge is 0.261 e. The number of benzene rings is 2. The molecule has 0 aliphatic carbocycles. The minimum absolute atomic E-state index is 0.00719. The van der Waals surface area contributed by atoms with Crippen LogP contribution in [0.3, 0.4) is 0 Å². The number of carbonyl (C=O) groups is 2. The third kappa shape index (κ3) is 4.41. The van der Waals surface area contributed by atoms with Gasteiger partial charge in [-0.2, -0.15) is 0 Å². The van der Waals surface area contributed by atoms with E-state index in [1.54, 1.807) is 30.3 Å². The number of nitrogens with zero attached hydrogens (tertiary/aromatic N) is 1. The number of aromatic nitrogens is 1. The molecule has 1 aromatic heterocycles. The molecule has 0 aliphatic heterocycles. The van der Waals surface area contributed by atoms with Crippen molar-refractivity contribution in [3.63, 3.8) is 0 Å². The van der Waals surface area contributed by atoms with Crippen LogP contribution in [0.2, 0.25) is 0 Å². The molecule has 0 unspecified atom stereocenters. The molecule has 0 aliphatic rings. The molecule has 2 N–H and O–H groups in total. The van der Waals surface area contributed by atoms with Gasteiger partial charge in [-0.25, -0.2) is 8.42 Å². The highest BCUT2D eigenvalue weighted by Crippen LogP contribution is 2.23. The number of hydrogen-bond acceptors (Lipinski definition) is 5. The third-order valence-corrected chi connectivity index (χ3v) is 5.22. The summed E-state index contributed by atoms with van der Waals surface area (Å²) >= 11 is 0. The number of anilines is 2. The van der Waals surface area contributed by atoms with Crippen LogP contribution in [0.5, 0.6) is 0 Å². The van der Waals surface area contributed by atoms with Gasteiger partial charge in [-0.15, -0.1) is 0 Å². The highest BCUT2D eigenvalue weighted by atomic mass is 32.2. The number of pyridine rings is 1. The third-order valence-electron chi connectivity index (χ3n) is 3.84. The summed E-state index contributed by atoms with van der Waals surface area (Å²) in [5, 5.41) is 2.57. The summed E-state index contributed by atoms with van der Waals surface area (Å²) in [6.45, 7) is 1.36. The van der Waals surface area contributed by atoms with Crippen LogP contribution in [0.25, 0.3) is 0 Å². The molecule has 2 aromatic carbocycles. The maximum absolute atomic E-state index is 12.7. The van der Waals surface area contributed by atoms with E-state index in [-0.39, 0.29) is 27.8 Å². The Hall–Kier alpha value is -3.52. The molecule has 3 aromatic rings. The zero-order valence-electron chi connectivity index (χ0n) is 14.9. The van der Waals surface area contributed by atoms with E-state index >= 15 is 0 Å². The molecule has 142 valence electrons. The van der Waals surface area contributed by atoms with Gasteiger partial charge in [0.15, 0.2) is 5.78 Å². The Labute approximate surface area is 162 Å². The van der Waals surface area contributed by atoms with Gasteiger partial charge in [-0.05, 0) is 48.5 Å². The van der Waals surface area contributed by atoms with Crippen molar-refractivity contribution in [3.8, 4) is 0 Å². The van der Waals surface area contributed by atoms with E-state index in [9.17, 15) is 18.0 Å². The van der Waals surface area contributed by atoms with Gasteiger partial charge in [0.05, 0.1) is 10.6 Å². The fourth-order valence-corrected chi connectivity index (χ4v) is 3.63. The molecule has 0 fully saturated rings. The molecular formula is C20H17N3O4S. The van der Waals surface area contributed by atoms with Crippen LogP contribution in [0, 0.1) is 0 Å². The average Bonchev–Trinajstić information content (AvgIpc) is 2.68. The first kappa shape index (κ1) is 19.2. The Bertz CT molecular complexity index is 1110. The van der Waals surface area contributed by atoms with E-state index in [1.165, 1.54) is 49.6 Å². The fraction of sp³-hybridized carbons (Fsp3) is 0.0500. The van der Waals surface area contributed by atoms with E-state index in [4.69, 9.17) is 0 Å². The summed E-state index contributed by atoms with van der Waals surface area (Å²) in [6.07, 6.45) is 2.99. The summed E-state index contributed by atoms with van der Waals surface area (Å²) in [4.78, 5) is 27.7. The molecule has 0 radical (unpaired) electrons. The van der Waals surface area contributed by atoms with Crippen molar-refractivity contribution >= 4 is 33.1 Å². The highest BCUT2D eigenvalue weighted by molar-refractivity contribution is 7.92. The molecule has 1 heterocycles. The SMILES string of the molecule is CC(=O)Nc1ccc(S(=O)(=O)Nc2ccccc2C(=O)c2ccncc2)cc1. The summed E-state index contributed by atoms with van der Waals surface area (Å²) in [5.41, 5.74) is 1.29. The lowest BCUT2D eigenvalue weighted by molar-refractivity contribution is -0.114. The summed E-state index contributed by atoms with van der Waals surface area (Å²) in [5.74, 6) is -0.570. The van der Waals surface area contributed by atoms with Gasteiger partial charge in [-0.3, -0.25) is 19.3 Å². The van der Waals surface area contributed by atoms with Gasteiger partial charge >= 0.3 is 0 Å². The van der Waals surface area contributed by atoms with Crippen molar-refractivity contribution in [2.75, 3.05) is 10.0 Å². The van der Waals surface area contributed by atoms with Gasteiger partial charge in [0.1, 0.15) is 0 Å². The predicted molar refractivity (Wildman–Crippen MR) is 106 cm³/mol. The van der Waals surface area contributed by atoms with E-state index in [2.05, 4.69) is 15.0 Å². The van der Waals surface area contributed by atoms with Gasteiger partial charge in [0.25, 0.3) is 10.0 Å². The van der Waals surface area contributed by atoms with E-state index < -0.39 is 10.0 Å². The molecule has 0 bridgehead atoms. The quantitative estimate of drug-likeness (QED) is 0.624. The number of nitrogens with one attached hydrogen (secondary N) is 2. The minimum atomic E-state index is -3.92. The number of para-hydroxylation sites is 1. The second kappa shape index (κ2) is 8.01. The Morgan fingerprint density at radius 2 is 1.54 bits per heavy atom. The van der Waals surface area contributed by atoms with Crippen molar-refractivity contribution in [1.82, 2.24) is 4.98 Å². The summed E-state index contributed by atoms with van der Waals surface area (Å²) < 4.78 is 27.9. The topological polar surface area (TPSA) is 105 Å². The lowest BCUT2D eigenvalue weighted by Gasteiger charge is -2.12. The van der Waals surface area contributed by atoms with Crippen LogP contribution in [-0.4, -0.2) is 25.1 Å². The van der Waals surface area contributed by atoms with Crippen LogP contribution in [0.4, 0.5) is 11.4 Å². The van der Waals surface area contributed by atoms with Crippen LogP contribution in [0.1, 0.15) is 22.8 Å². The first-order valence-corrected chi connectivity index (χ1v) is 9.79. The van der Waals surface area contributed by atoms with Crippen LogP contribution < -0.4 is 10.0 Å². The molecule has 0 atom stereocenters. The Balaban J connectivity index is 1.89. The summed E-state index contributed by atoms with van der Waals surface area (Å²) in [7, 11) is -3.92. The zero-order chi connectivity index (χ0) is 20.1. The molecule has 28 heavy (non-hydrogen) atoms. The highest BCUT2D eigenvalue weighted by Gasteiger charge is 2.19. The molecular weight excluding hydrogens is 378 g/mol. The Kier molecular flexibility index (Phi) is 5.51. The monoisotopic (exact) mass is 395 g/mol. The molecule has 0 spiro atoms. The Morgan fingerprint density at radius 3 is 2.18 bits per heavy atom. The standard InChI is InChI=1S/C20H17N3O4S/c1-14(24)22-16-6-8-17(9-7-16)28(26,27)23-19-5-3-2-4-18(19)20(25)15-10-12-21-13-11-15/h2-13,23H,1H3,(H,22,24). The van der Waals surface area contributed by atoms with Crippen molar-refractivity contribution in [2.45, 2.75) is 11.8 Å². The van der Waals surface area contributed by atoms with Gasteiger partial charge in [-0.1, -0.05) is 12.1 Å². The molecule has 7 nitrogen and oxygen atoms in total. The second-order valence-corrected chi connectivity index (χ2v) is 7.60. The van der Waals surface area contributed by atoms with Crippen LogP contribution in [0.15, 0.2) is 78.0 Å². The number of carbonyl (C=O) groups excluding carboxylic acids is 2. The average molecular weight is 395 g/mol. The molecule has 1 amide bonds. The molecule has 8 heteroatoms. The van der Waals surface area contributed by atoms with Gasteiger partial charge in [0, 0.05) is 36.1 Å². The number of rotatable bonds is 6. The number of amides is 1. The first-order chi connectivity index (χ1) is 13.4. The van der Waals surface area contributed by atoms with Crippen molar-refractivity contribution < 1.29 is 18.0 Å². The zero-order valence-corrected chi connectivity index (χ0v) is 15.7.